The molecule has 0 aromatic rings. The zero-order valence-corrected chi connectivity index (χ0v) is 17.5. The molecular weight excluding hydrogens is 374 g/mol. The van der Waals surface area contributed by atoms with Gasteiger partial charge in [0, 0.05) is 45.2 Å². The number of nitrogens with zero attached hydrogens (tertiary/aromatic N) is 3. The monoisotopic (exact) mass is 407 g/mol. The van der Waals surface area contributed by atoms with Crippen molar-refractivity contribution < 1.29 is 19.2 Å². The average molecular weight is 408 g/mol. The third-order valence-corrected chi connectivity index (χ3v) is 6.39. The molecule has 9 heteroatoms. The van der Waals surface area contributed by atoms with Gasteiger partial charge in [0.25, 0.3) is 5.91 Å². The predicted molar refractivity (Wildman–Crippen MR) is 107 cm³/mol. The molecule has 9 nitrogen and oxygen atoms in total. The molecule has 162 valence electrons. The Morgan fingerprint density at radius 1 is 1.07 bits per heavy atom. The van der Waals surface area contributed by atoms with E-state index in [0.717, 1.165) is 19.4 Å². The van der Waals surface area contributed by atoms with E-state index in [4.69, 9.17) is 0 Å². The van der Waals surface area contributed by atoms with Gasteiger partial charge in [-0.15, -0.1) is 0 Å². The number of nitrogens with one attached hydrogen (secondary N) is 2. The number of carbonyl (C=O) groups is 4. The molecule has 0 saturated carbocycles. The van der Waals surface area contributed by atoms with Gasteiger partial charge in [-0.2, -0.15) is 0 Å². The Kier molecular flexibility index (Phi) is 6.77. The Morgan fingerprint density at radius 3 is 2.41 bits per heavy atom. The lowest BCUT2D eigenvalue weighted by atomic mass is 9.95. The molecule has 3 aliphatic heterocycles. The number of urea groups is 1. The first-order valence-electron chi connectivity index (χ1n) is 10.7. The first kappa shape index (κ1) is 21.5. The molecule has 0 aromatic heterocycles. The van der Waals surface area contributed by atoms with Gasteiger partial charge in [-0.1, -0.05) is 0 Å². The summed E-state index contributed by atoms with van der Waals surface area (Å²) >= 11 is 0. The summed E-state index contributed by atoms with van der Waals surface area (Å²) in [4.78, 5) is 54.1. The number of amides is 5. The van der Waals surface area contributed by atoms with Crippen molar-refractivity contribution in [3.05, 3.63) is 0 Å². The lowest BCUT2D eigenvalue weighted by Crippen LogP contribution is -2.53. The second-order valence-corrected chi connectivity index (χ2v) is 8.68. The molecule has 0 aliphatic carbocycles. The van der Waals surface area contributed by atoms with Crippen LogP contribution in [0.4, 0.5) is 4.79 Å². The lowest BCUT2D eigenvalue weighted by molar-refractivity contribution is -0.137. The molecule has 5 amide bonds. The fourth-order valence-corrected chi connectivity index (χ4v) is 4.41. The van der Waals surface area contributed by atoms with Crippen LogP contribution in [0, 0.1) is 0 Å². The van der Waals surface area contributed by atoms with Crippen molar-refractivity contribution in [2.75, 3.05) is 39.3 Å². The summed E-state index contributed by atoms with van der Waals surface area (Å²) in [5, 5.41) is 4.85. The summed E-state index contributed by atoms with van der Waals surface area (Å²) in [5.41, 5.74) is -0.929. The van der Waals surface area contributed by atoms with E-state index in [-0.39, 0.29) is 17.7 Å². The Balaban J connectivity index is 1.36. The molecule has 29 heavy (non-hydrogen) atoms. The van der Waals surface area contributed by atoms with Gasteiger partial charge >= 0.3 is 6.03 Å². The largest absolute Gasteiger partial charge is 0.340 e. The first-order valence-corrected chi connectivity index (χ1v) is 10.7. The second-order valence-electron chi connectivity index (χ2n) is 8.68. The summed E-state index contributed by atoms with van der Waals surface area (Å²) in [6, 6.07) is -0.152. The van der Waals surface area contributed by atoms with Crippen LogP contribution < -0.4 is 10.6 Å². The van der Waals surface area contributed by atoms with Crippen LogP contribution in [-0.4, -0.2) is 89.3 Å². The van der Waals surface area contributed by atoms with Crippen molar-refractivity contribution in [3.8, 4) is 0 Å². The molecule has 3 heterocycles. The number of hydrogen-bond donors (Lipinski definition) is 2. The van der Waals surface area contributed by atoms with Gasteiger partial charge in [0.05, 0.1) is 6.54 Å². The third-order valence-electron chi connectivity index (χ3n) is 6.39. The molecule has 3 aliphatic rings. The van der Waals surface area contributed by atoms with Crippen LogP contribution in [0.5, 0.6) is 0 Å². The highest BCUT2D eigenvalue weighted by Crippen LogP contribution is 2.19. The molecule has 2 N–H and O–H groups in total. The minimum Gasteiger partial charge on any atom is -0.340 e. The van der Waals surface area contributed by atoms with Gasteiger partial charge < -0.3 is 15.1 Å². The maximum atomic E-state index is 12.6. The molecule has 2 atom stereocenters. The van der Waals surface area contributed by atoms with Gasteiger partial charge in [0.2, 0.25) is 11.8 Å². The fraction of sp³-hybridized carbons (Fsp3) is 0.800. The van der Waals surface area contributed by atoms with Crippen molar-refractivity contribution in [3.63, 3.8) is 0 Å². The number of piperidine rings is 1. The zero-order valence-electron chi connectivity index (χ0n) is 17.5. The number of carbonyl (C=O) groups excluding carboxylic acids is 4. The smallest absolute Gasteiger partial charge is 0.322 e. The van der Waals surface area contributed by atoms with Crippen LogP contribution in [0.25, 0.3) is 0 Å². The van der Waals surface area contributed by atoms with E-state index in [1.165, 1.54) is 6.42 Å². The van der Waals surface area contributed by atoms with Gasteiger partial charge in [-0.25, -0.2) is 4.79 Å². The van der Waals surface area contributed by atoms with E-state index >= 15 is 0 Å². The van der Waals surface area contributed by atoms with Crippen LogP contribution >= 0.6 is 0 Å². The molecular formula is C20H33N5O4. The third kappa shape index (κ3) is 5.26. The summed E-state index contributed by atoms with van der Waals surface area (Å²) in [5.74, 6) is -0.0766. The van der Waals surface area contributed by atoms with Crippen molar-refractivity contribution in [1.29, 1.82) is 0 Å². The summed E-state index contributed by atoms with van der Waals surface area (Å²) in [6.45, 7) is 7.73. The van der Waals surface area contributed by atoms with Crippen LogP contribution in [0.2, 0.25) is 0 Å². The standard InChI is InChI=1S/C20H33N5O4/c1-15-6-3-4-9-25(15)17(27)14-23-10-12-24(13-11-23)16(26)7-5-8-20(2)18(28)21-19(29)22-20/h15H,3-14H2,1-2H3,(H2,21,22,28,29)/t15-,20-/m0/s1. The zero-order chi connectivity index (χ0) is 21.0. The molecule has 3 fully saturated rings. The number of hydrogen-bond acceptors (Lipinski definition) is 5. The van der Waals surface area contributed by atoms with Crippen molar-refractivity contribution in [2.45, 2.75) is 64.0 Å². The fourth-order valence-electron chi connectivity index (χ4n) is 4.41. The molecule has 0 aromatic carbocycles. The normalized spacial score (nSPS) is 28.3. The van der Waals surface area contributed by atoms with Gasteiger partial charge in [0.15, 0.2) is 0 Å². The maximum absolute atomic E-state index is 12.6. The lowest BCUT2D eigenvalue weighted by Gasteiger charge is -2.38. The first-order chi connectivity index (χ1) is 13.8. The topological polar surface area (TPSA) is 102 Å². The quantitative estimate of drug-likeness (QED) is 0.617. The SMILES string of the molecule is C[C@H]1CCCCN1C(=O)CN1CCN(C(=O)CCC[C@]2(C)NC(=O)NC2=O)CC1. The second kappa shape index (κ2) is 9.11. The van der Waals surface area contributed by atoms with Crippen molar-refractivity contribution in [2.24, 2.45) is 0 Å². The average Bonchev–Trinajstić information content (AvgIpc) is 2.94. The highest BCUT2D eigenvalue weighted by Gasteiger charge is 2.41. The van der Waals surface area contributed by atoms with E-state index in [1.807, 2.05) is 9.80 Å². The Morgan fingerprint density at radius 2 is 1.79 bits per heavy atom. The molecule has 0 bridgehead atoms. The molecule has 0 radical (unpaired) electrons. The number of imide groups is 1. The van der Waals surface area contributed by atoms with Crippen molar-refractivity contribution in [1.82, 2.24) is 25.3 Å². The Labute approximate surface area is 172 Å². The van der Waals surface area contributed by atoms with Crippen molar-refractivity contribution >= 4 is 23.8 Å². The van der Waals surface area contributed by atoms with Crippen LogP contribution in [-0.2, 0) is 14.4 Å². The van der Waals surface area contributed by atoms with Crippen LogP contribution in [0.3, 0.4) is 0 Å². The van der Waals surface area contributed by atoms with Crippen LogP contribution in [0.15, 0.2) is 0 Å². The Bertz CT molecular complexity index is 661. The van der Waals surface area contributed by atoms with Gasteiger partial charge in [-0.3, -0.25) is 24.6 Å². The van der Waals surface area contributed by atoms with E-state index in [0.29, 0.717) is 58.0 Å². The molecule has 3 rings (SSSR count). The summed E-state index contributed by atoms with van der Waals surface area (Å²) < 4.78 is 0. The highest BCUT2D eigenvalue weighted by atomic mass is 16.2. The number of piperazine rings is 1. The molecule has 3 saturated heterocycles. The van der Waals surface area contributed by atoms with E-state index in [2.05, 4.69) is 22.5 Å². The van der Waals surface area contributed by atoms with Crippen LogP contribution in [0.1, 0.15) is 52.4 Å². The minimum atomic E-state index is -0.929. The predicted octanol–water partition coefficient (Wildman–Crippen LogP) is 0.300. The number of likely N-dealkylation sites (tertiary alicyclic amines) is 1. The maximum Gasteiger partial charge on any atom is 0.322 e. The van der Waals surface area contributed by atoms with Gasteiger partial charge in [-0.05, 0) is 46.0 Å². The van der Waals surface area contributed by atoms with E-state index < -0.39 is 11.6 Å². The van der Waals surface area contributed by atoms with E-state index in [9.17, 15) is 19.2 Å². The number of rotatable bonds is 6. The van der Waals surface area contributed by atoms with E-state index in [1.54, 1.807) is 6.92 Å². The molecule has 0 unspecified atom stereocenters. The molecule has 0 spiro atoms. The Hall–Kier alpha value is -2.16. The van der Waals surface area contributed by atoms with Gasteiger partial charge in [0.1, 0.15) is 5.54 Å². The minimum absolute atomic E-state index is 0.0639. The highest BCUT2D eigenvalue weighted by molar-refractivity contribution is 6.06. The summed E-state index contributed by atoms with van der Waals surface area (Å²) in [7, 11) is 0. The summed E-state index contributed by atoms with van der Waals surface area (Å²) in [6.07, 6.45) is 4.68.